The topological polar surface area (TPSA) is 237 Å². The minimum absolute atomic E-state index is 0.00784. The second-order valence-electron chi connectivity index (χ2n) is 18.2. The SMILES string of the molecule is C#CCOc1cc(OC)c(S(=O)(=O)OCC(C)(O)C(=O)[C@H](CC(C)C)NC(=O)[C@H](Cc2ccccc2)NC(=O)[C@H](CC(C)C)NC(=O)[C@H](CCc2ccccc2)NC(=O)CN2CCOCC2)c(OC)c1. The maximum Gasteiger partial charge on any atom is 0.304 e. The van der Waals surface area contributed by atoms with Crippen LogP contribution in [0.15, 0.2) is 77.7 Å². The van der Waals surface area contributed by atoms with Gasteiger partial charge in [-0.1, -0.05) is 94.3 Å². The number of hydrogen-bond acceptors (Lipinski definition) is 14. The number of rotatable bonds is 28. The third-order valence-corrected chi connectivity index (χ3v) is 12.6. The Bertz CT molecular complexity index is 2330. The molecule has 18 nitrogen and oxygen atoms in total. The Morgan fingerprint density at radius 2 is 1.29 bits per heavy atom. The molecule has 5 atom stereocenters. The first-order chi connectivity index (χ1) is 33.3. The summed E-state index contributed by atoms with van der Waals surface area (Å²) in [7, 11) is -2.36. The molecule has 1 unspecified atom stereocenters. The number of benzene rings is 3. The van der Waals surface area contributed by atoms with Crippen molar-refractivity contribution in [1.82, 2.24) is 26.2 Å². The number of nitrogens with zero attached hydrogens (tertiary/aromatic N) is 1. The summed E-state index contributed by atoms with van der Waals surface area (Å²) < 4.78 is 54.1. The number of hydrogen-bond donors (Lipinski definition) is 5. The van der Waals surface area contributed by atoms with E-state index >= 15 is 0 Å². The zero-order valence-corrected chi connectivity index (χ0v) is 42.0. The Morgan fingerprint density at radius 1 is 0.771 bits per heavy atom. The number of carbonyl (C=O) groups is 5. The van der Waals surface area contributed by atoms with Crippen molar-refractivity contribution in [3.8, 4) is 29.6 Å². The Labute approximate surface area is 412 Å². The first-order valence-corrected chi connectivity index (χ1v) is 24.7. The fraction of sp³-hybridized carbons (Fsp3) is 0.510. The summed E-state index contributed by atoms with van der Waals surface area (Å²) in [5.41, 5.74) is -0.872. The van der Waals surface area contributed by atoms with Crippen LogP contribution in [0.25, 0.3) is 0 Å². The van der Waals surface area contributed by atoms with Gasteiger partial charge in [-0.25, -0.2) is 0 Å². The molecule has 0 aliphatic carbocycles. The Balaban J connectivity index is 1.57. The molecule has 70 heavy (non-hydrogen) atoms. The van der Waals surface area contributed by atoms with Crippen LogP contribution < -0.4 is 35.5 Å². The molecule has 0 aromatic heterocycles. The van der Waals surface area contributed by atoms with Gasteiger partial charge in [-0.3, -0.25) is 33.1 Å². The zero-order valence-electron chi connectivity index (χ0n) is 41.2. The molecule has 0 radical (unpaired) electrons. The molecule has 382 valence electrons. The predicted octanol–water partition coefficient (Wildman–Crippen LogP) is 2.98. The number of ether oxygens (including phenoxy) is 4. The smallest absolute Gasteiger partial charge is 0.304 e. The van der Waals surface area contributed by atoms with Gasteiger partial charge in [0.2, 0.25) is 23.6 Å². The van der Waals surface area contributed by atoms with Crippen LogP contribution in [0.3, 0.4) is 0 Å². The molecular weight excluding hydrogens is 923 g/mol. The quantitative estimate of drug-likeness (QED) is 0.0520. The first-order valence-electron chi connectivity index (χ1n) is 23.3. The molecular formula is C51H69N5O13S. The third-order valence-electron chi connectivity index (χ3n) is 11.3. The van der Waals surface area contributed by atoms with Crippen LogP contribution in [0.5, 0.6) is 17.2 Å². The van der Waals surface area contributed by atoms with E-state index in [2.05, 4.69) is 27.2 Å². The highest BCUT2D eigenvalue weighted by atomic mass is 32.2. The largest absolute Gasteiger partial charge is 0.495 e. The molecule has 3 aromatic rings. The van der Waals surface area contributed by atoms with Crippen molar-refractivity contribution in [3.63, 3.8) is 0 Å². The van der Waals surface area contributed by atoms with E-state index in [1.54, 1.807) is 44.2 Å². The summed E-state index contributed by atoms with van der Waals surface area (Å²) in [6, 6.07) is 16.0. The van der Waals surface area contributed by atoms with Gasteiger partial charge >= 0.3 is 10.1 Å². The van der Waals surface area contributed by atoms with Crippen molar-refractivity contribution in [1.29, 1.82) is 0 Å². The molecule has 1 aliphatic heterocycles. The van der Waals surface area contributed by atoms with E-state index in [-0.39, 0.29) is 73.8 Å². The molecule has 1 heterocycles. The number of aliphatic hydroxyl groups is 1. The minimum atomic E-state index is -4.79. The summed E-state index contributed by atoms with van der Waals surface area (Å²) in [5, 5.41) is 22.9. The lowest BCUT2D eigenvalue weighted by atomic mass is 9.90. The van der Waals surface area contributed by atoms with Crippen molar-refractivity contribution in [2.75, 3.05) is 60.3 Å². The van der Waals surface area contributed by atoms with Crippen molar-refractivity contribution >= 4 is 39.5 Å². The number of nitrogens with one attached hydrogen (secondary N) is 4. The van der Waals surface area contributed by atoms with Crippen LogP contribution >= 0.6 is 0 Å². The van der Waals surface area contributed by atoms with Crippen molar-refractivity contribution in [3.05, 3.63) is 83.9 Å². The number of carbonyl (C=O) groups excluding carboxylic acids is 5. The molecule has 0 bridgehead atoms. The predicted molar refractivity (Wildman–Crippen MR) is 261 cm³/mol. The highest BCUT2D eigenvalue weighted by molar-refractivity contribution is 7.87. The normalized spacial score (nSPS) is 15.6. The van der Waals surface area contributed by atoms with Gasteiger partial charge in [0.05, 0.1) is 40.0 Å². The van der Waals surface area contributed by atoms with Gasteiger partial charge in [-0.05, 0) is 55.6 Å². The lowest BCUT2D eigenvalue weighted by Crippen LogP contribution is -2.60. The standard InChI is InChI=1S/C51H69N5O13S/c1-9-24-68-38-30-43(65-7)46(44(31-38)66-8)70(63,64)69-33-51(6,62)47(58)40(27-34(2)3)53-50(61)42(29-37-18-14-11-15-19-37)55-49(60)41(28-35(4)5)54-48(59)39(21-20-36-16-12-10-13-17-36)52-45(57)32-56-22-25-67-26-23-56/h1,10-19,30-31,34-35,39-42,62H,20-29,32-33H2,2-8H3,(H,52,57)(H,53,61)(H,54,59)(H,55,60)/t39-,40-,41-,42-,51?/m0/s1. The van der Waals surface area contributed by atoms with E-state index in [0.717, 1.165) is 12.5 Å². The average Bonchev–Trinajstić information content (AvgIpc) is 3.33. The van der Waals surface area contributed by atoms with Crippen LogP contribution in [-0.2, 0) is 55.9 Å². The third kappa shape index (κ3) is 17.7. The van der Waals surface area contributed by atoms with E-state index < -0.39 is 74.9 Å². The summed E-state index contributed by atoms with van der Waals surface area (Å²) >= 11 is 0. The van der Waals surface area contributed by atoms with Crippen molar-refractivity contribution in [2.24, 2.45) is 11.8 Å². The summed E-state index contributed by atoms with van der Waals surface area (Å²) in [6.07, 6.45) is 6.14. The lowest BCUT2D eigenvalue weighted by molar-refractivity contribution is -0.143. The summed E-state index contributed by atoms with van der Waals surface area (Å²) in [5.74, 6) is -1.69. The second-order valence-corrected chi connectivity index (χ2v) is 19.7. The van der Waals surface area contributed by atoms with Crippen LogP contribution in [0.4, 0.5) is 0 Å². The monoisotopic (exact) mass is 991 g/mol. The highest BCUT2D eigenvalue weighted by Crippen LogP contribution is 2.39. The molecule has 4 amide bonds. The van der Waals surface area contributed by atoms with Crippen LogP contribution in [0.1, 0.15) is 65.0 Å². The van der Waals surface area contributed by atoms with E-state index in [4.69, 9.17) is 29.6 Å². The number of terminal acetylenes is 1. The Hall–Kier alpha value is -6.04. The van der Waals surface area contributed by atoms with E-state index in [9.17, 15) is 37.5 Å². The number of methoxy groups -OCH3 is 2. The van der Waals surface area contributed by atoms with Gasteiger partial charge in [-0.15, -0.1) is 6.42 Å². The number of morpholine rings is 1. The maximum atomic E-state index is 14.4. The van der Waals surface area contributed by atoms with Gasteiger partial charge in [0.25, 0.3) is 0 Å². The van der Waals surface area contributed by atoms with Gasteiger partial charge < -0.3 is 45.3 Å². The van der Waals surface area contributed by atoms with Gasteiger partial charge in [-0.2, -0.15) is 8.42 Å². The molecule has 4 rings (SSSR count). The summed E-state index contributed by atoms with van der Waals surface area (Å²) in [4.78, 5) is 72.0. The van der Waals surface area contributed by atoms with Gasteiger partial charge in [0.15, 0.2) is 10.7 Å². The van der Waals surface area contributed by atoms with Crippen molar-refractivity contribution in [2.45, 2.75) is 101 Å². The van der Waals surface area contributed by atoms with E-state index in [0.29, 0.717) is 38.3 Å². The molecule has 0 spiro atoms. The number of aryl methyl sites for hydroxylation is 1. The molecule has 0 saturated carbocycles. The minimum Gasteiger partial charge on any atom is -0.495 e. The van der Waals surface area contributed by atoms with Gasteiger partial charge in [0.1, 0.15) is 54.2 Å². The molecule has 1 aliphatic rings. The van der Waals surface area contributed by atoms with E-state index in [1.807, 2.05) is 49.1 Å². The average molecular weight is 992 g/mol. The number of amides is 4. The first kappa shape index (κ1) is 56.5. The Morgan fingerprint density at radius 3 is 1.84 bits per heavy atom. The fourth-order valence-corrected chi connectivity index (χ4v) is 9.00. The molecule has 1 fully saturated rings. The van der Waals surface area contributed by atoms with Crippen LogP contribution in [0, 0.1) is 24.2 Å². The second kappa shape index (κ2) is 27.4. The zero-order chi connectivity index (χ0) is 51.4. The van der Waals surface area contributed by atoms with Gasteiger partial charge in [0, 0.05) is 31.6 Å². The number of ketones is 1. The van der Waals surface area contributed by atoms with Crippen LogP contribution in [0.2, 0.25) is 0 Å². The summed E-state index contributed by atoms with van der Waals surface area (Å²) in [6.45, 7) is 9.39. The molecule has 5 N–H and O–H groups in total. The Kier molecular flexibility index (Phi) is 22.1. The van der Waals surface area contributed by atoms with Crippen LogP contribution in [-0.4, -0.2) is 138 Å². The lowest BCUT2D eigenvalue weighted by Gasteiger charge is -2.30. The maximum absolute atomic E-state index is 14.4. The molecule has 19 heteroatoms. The fourth-order valence-electron chi connectivity index (χ4n) is 7.72. The van der Waals surface area contributed by atoms with Crippen molar-refractivity contribution < 1.29 is 60.6 Å². The van der Waals surface area contributed by atoms with E-state index in [1.165, 1.54) is 26.4 Å². The molecule has 1 saturated heterocycles. The number of Topliss-reactive ketones (excluding diaryl/α,β-unsaturated/α-hetero) is 1. The highest BCUT2D eigenvalue weighted by Gasteiger charge is 2.41. The molecule has 3 aromatic carbocycles.